The number of rotatable bonds is 5. The van der Waals surface area contributed by atoms with E-state index in [1.807, 2.05) is 12.1 Å². The number of fused-ring (bicyclic) bond motifs is 2. The summed E-state index contributed by atoms with van der Waals surface area (Å²) in [5.74, 6) is 1.35. The molecule has 4 heteroatoms. The van der Waals surface area contributed by atoms with E-state index < -0.39 is 6.10 Å². The maximum Gasteiger partial charge on any atom is 0.132 e. The number of furan rings is 1. The van der Waals surface area contributed by atoms with Gasteiger partial charge in [-0.3, -0.25) is 0 Å². The van der Waals surface area contributed by atoms with Crippen LogP contribution in [-0.4, -0.2) is 29.9 Å². The van der Waals surface area contributed by atoms with Gasteiger partial charge in [0.1, 0.15) is 11.9 Å². The highest BCUT2D eigenvalue weighted by Crippen LogP contribution is 2.60. The topological polar surface area (TPSA) is 54.6 Å². The van der Waals surface area contributed by atoms with Gasteiger partial charge in [0.05, 0.1) is 12.4 Å². The Bertz CT molecular complexity index is 494. The molecule has 2 saturated carbocycles. The van der Waals surface area contributed by atoms with Crippen molar-refractivity contribution in [1.82, 2.24) is 5.32 Å². The summed E-state index contributed by atoms with van der Waals surface area (Å²) in [5.41, 5.74) is 0.380. The van der Waals surface area contributed by atoms with E-state index in [-0.39, 0.29) is 6.04 Å². The van der Waals surface area contributed by atoms with Gasteiger partial charge in [-0.1, -0.05) is 12.8 Å². The minimum atomic E-state index is -0.521. The number of hydrogen-bond acceptors (Lipinski definition) is 4. The average Bonchev–Trinajstić information content (AvgIpc) is 3.23. The first kappa shape index (κ1) is 14.7. The second-order valence-corrected chi connectivity index (χ2v) is 7.50. The molecule has 1 saturated heterocycles. The first-order valence-corrected chi connectivity index (χ1v) is 8.80. The zero-order valence-electron chi connectivity index (χ0n) is 13.3. The van der Waals surface area contributed by atoms with E-state index in [0.717, 1.165) is 6.61 Å². The van der Waals surface area contributed by atoms with Gasteiger partial charge in [-0.15, -0.1) is 0 Å². The molecule has 4 rings (SSSR count). The number of hydrogen-bond donors (Lipinski definition) is 2. The summed E-state index contributed by atoms with van der Waals surface area (Å²) >= 11 is 0. The zero-order chi connectivity index (χ0) is 15.2. The van der Waals surface area contributed by atoms with Crippen LogP contribution >= 0.6 is 0 Å². The Balaban J connectivity index is 1.39. The van der Waals surface area contributed by atoms with Crippen LogP contribution in [0.4, 0.5) is 0 Å². The molecule has 1 aromatic heterocycles. The van der Waals surface area contributed by atoms with Crippen LogP contribution in [0, 0.1) is 11.3 Å². The monoisotopic (exact) mass is 305 g/mol. The summed E-state index contributed by atoms with van der Waals surface area (Å²) in [6.45, 7) is 3.11. The van der Waals surface area contributed by atoms with Gasteiger partial charge < -0.3 is 19.6 Å². The summed E-state index contributed by atoms with van der Waals surface area (Å²) in [4.78, 5) is 0. The van der Waals surface area contributed by atoms with E-state index in [1.54, 1.807) is 6.26 Å². The maximum absolute atomic E-state index is 10.3. The predicted molar refractivity (Wildman–Crippen MR) is 83.4 cm³/mol. The molecule has 3 fully saturated rings. The number of ether oxygens (including phenoxy) is 1. The van der Waals surface area contributed by atoms with Crippen molar-refractivity contribution in [3.8, 4) is 0 Å². The highest BCUT2D eigenvalue weighted by molar-refractivity contribution is 5.17. The molecular weight excluding hydrogens is 278 g/mol. The fourth-order valence-electron chi connectivity index (χ4n) is 5.25. The molecule has 0 amide bonds. The van der Waals surface area contributed by atoms with Crippen LogP contribution < -0.4 is 5.32 Å². The summed E-state index contributed by atoms with van der Waals surface area (Å²) in [7, 11) is 0. The Morgan fingerprint density at radius 2 is 2.23 bits per heavy atom. The Morgan fingerprint density at radius 1 is 1.41 bits per heavy atom. The molecule has 0 unspecified atom stereocenters. The van der Waals surface area contributed by atoms with Crippen LogP contribution in [0.1, 0.15) is 57.3 Å². The van der Waals surface area contributed by atoms with Crippen molar-refractivity contribution in [3.05, 3.63) is 24.2 Å². The van der Waals surface area contributed by atoms with Crippen molar-refractivity contribution in [1.29, 1.82) is 0 Å². The highest BCUT2D eigenvalue weighted by Gasteiger charge is 2.64. The van der Waals surface area contributed by atoms with Gasteiger partial charge in [-0.05, 0) is 44.7 Å². The number of nitrogens with one attached hydrogen (secondary N) is 1. The molecule has 3 aliphatic rings. The summed E-state index contributed by atoms with van der Waals surface area (Å²) < 4.78 is 11.3. The van der Waals surface area contributed by atoms with E-state index in [9.17, 15) is 5.11 Å². The molecule has 0 aromatic carbocycles. The third-order valence-electron chi connectivity index (χ3n) is 6.20. The maximum atomic E-state index is 10.3. The van der Waals surface area contributed by atoms with E-state index in [2.05, 4.69) is 12.2 Å². The van der Waals surface area contributed by atoms with Crippen molar-refractivity contribution in [2.45, 2.75) is 69.7 Å². The Morgan fingerprint density at radius 3 is 2.95 bits per heavy atom. The van der Waals surface area contributed by atoms with Crippen molar-refractivity contribution in [3.63, 3.8) is 0 Å². The normalized spacial score (nSPS) is 35.3. The van der Waals surface area contributed by atoms with Crippen LogP contribution in [0.3, 0.4) is 0 Å². The van der Waals surface area contributed by atoms with Crippen molar-refractivity contribution < 1.29 is 14.3 Å². The van der Waals surface area contributed by atoms with Gasteiger partial charge in [-0.25, -0.2) is 0 Å². The van der Waals surface area contributed by atoms with Gasteiger partial charge in [0.15, 0.2) is 0 Å². The van der Waals surface area contributed by atoms with E-state index in [4.69, 9.17) is 9.15 Å². The van der Waals surface area contributed by atoms with E-state index in [0.29, 0.717) is 35.7 Å². The molecule has 1 aromatic rings. The smallest absolute Gasteiger partial charge is 0.132 e. The lowest BCUT2D eigenvalue weighted by Crippen LogP contribution is -2.68. The molecule has 4 nitrogen and oxygen atoms in total. The van der Waals surface area contributed by atoms with Crippen LogP contribution in [0.5, 0.6) is 0 Å². The van der Waals surface area contributed by atoms with Gasteiger partial charge in [0, 0.05) is 30.0 Å². The minimum absolute atomic E-state index is 0.282. The molecule has 1 spiro atoms. The average molecular weight is 305 g/mol. The molecule has 22 heavy (non-hydrogen) atoms. The first-order chi connectivity index (χ1) is 10.7. The lowest BCUT2D eigenvalue weighted by molar-refractivity contribution is -0.133. The number of aliphatic hydroxyl groups is 1. The Kier molecular flexibility index (Phi) is 3.79. The SMILES string of the molecule is C[C@H](C[C@H](O)c1ccco1)N[C@@H]1[C@H]2CCO[C@@H]2C12CCCC2. The highest BCUT2D eigenvalue weighted by atomic mass is 16.5. The first-order valence-electron chi connectivity index (χ1n) is 8.80. The second-order valence-electron chi connectivity index (χ2n) is 7.50. The number of aliphatic hydroxyl groups excluding tert-OH is 1. The van der Waals surface area contributed by atoms with Crippen LogP contribution in [-0.2, 0) is 4.74 Å². The predicted octanol–water partition coefficient (Wildman–Crippen LogP) is 3.03. The quantitative estimate of drug-likeness (QED) is 0.878. The third kappa shape index (κ3) is 2.24. The van der Waals surface area contributed by atoms with Crippen LogP contribution in [0.2, 0.25) is 0 Å². The van der Waals surface area contributed by atoms with Gasteiger partial charge in [-0.2, -0.15) is 0 Å². The Hall–Kier alpha value is -0.840. The Labute approximate surface area is 132 Å². The fraction of sp³-hybridized carbons (Fsp3) is 0.778. The molecule has 2 heterocycles. The van der Waals surface area contributed by atoms with Crippen molar-refractivity contribution in [2.75, 3.05) is 6.61 Å². The third-order valence-corrected chi connectivity index (χ3v) is 6.20. The van der Waals surface area contributed by atoms with E-state index >= 15 is 0 Å². The molecule has 2 N–H and O–H groups in total. The fourth-order valence-corrected chi connectivity index (χ4v) is 5.25. The molecule has 0 bridgehead atoms. The van der Waals surface area contributed by atoms with Crippen LogP contribution in [0.25, 0.3) is 0 Å². The molecule has 122 valence electrons. The summed E-state index contributed by atoms with van der Waals surface area (Å²) in [5, 5.41) is 14.1. The summed E-state index contributed by atoms with van der Waals surface area (Å²) in [6, 6.07) is 4.53. The largest absolute Gasteiger partial charge is 0.467 e. The van der Waals surface area contributed by atoms with Crippen molar-refractivity contribution in [2.24, 2.45) is 11.3 Å². The molecule has 0 radical (unpaired) electrons. The lowest BCUT2D eigenvalue weighted by atomic mass is 9.54. The second kappa shape index (κ2) is 5.66. The molecule has 2 aliphatic carbocycles. The van der Waals surface area contributed by atoms with Crippen LogP contribution in [0.15, 0.2) is 22.8 Å². The molecule has 5 atom stereocenters. The minimum Gasteiger partial charge on any atom is -0.467 e. The zero-order valence-corrected chi connectivity index (χ0v) is 13.3. The summed E-state index contributed by atoms with van der Waals surface area (Å²) in [6.07, 6.45) is 8.77. The van der Waals surface area contributed by atoms with Gasteiger partial charge >= 0.3 is 0 Å². The van der Waals surface area contributed by atoms with Crippen molar-refractivity contribution >= 4 is 0 Å². The lowest BCUT2D eigenvalue weighted by Gasteiger charge is -2.58. The van der Waals surface area contributed by atoms with E-state index in [1.165, 1.54) is 32.1 Å². The standard InChI is InChI=1S/C18H27NO3/c1-12(11-14(20)15-5-4-9-21-15)19-16-13-6-10-22-17(13)18(16)7-2-3-8-18/h4-5,9,12-14,16-17,19-20H,2-3,6-8,10-11H2,1H3/t12-,13-,14+,16-,17+/m1/s1. The van der Waals surface area contributed by atoms with Gasteiger partial charge in [0.25, 0.3) is 0 Å². The van der Waals surface area contributed by atoms with Gasteiger partial charge in [0.2, 0.25) is 0 Å². The molecular formula is C18H27NO3. The molecule has 1 aliphatic heterocycles.